The highest BCUT2D eigenvalue weighted by molar-refractivity contribution is 9.10. The average molecular weight is 283 g/mol. The quantitative estimate of drug-likeness (QED) is 0.796. The molecule has 78 valence electrons. The summed E-state index contributed by atoms with van der Waals surface area (Å²) in [7, 11) is 0. The fourth-order valence-electron chi connectivity index (χ4n) is 1.34. The fourth-order valence-corrected chi connectivity index (χ4v) is 2.63. The molecule has 0 aliphatic heterocycles. The molecule has 0 saturated heterocycles. The van der Waals surface area contributed by atoms with Gasteiger partial charge < -0.3 is 4.74 Å². The predicted molar refractivity (Wildman–Crippen MR) is 67.5 cm³/mol. The predicted octanol–water partition coefficient (Wildman–Crippen LogP) is 4.65. The van der Waals surface area contributed by atoms with Crippen LogP contribution in [-0.2, 0) is 0 Å². The molecule has 0 N–H and O–H groups in total. The fraction of sp³-hybridized carbons (Fsp3) is 0.167. The van der Waals surface area contributed by atoms with E-state index in [1.54, 1.807) is 11.3 Å². The van der Waals surface area contributed by atoms with Gasteiger partial charge in [-0.25, -0.2) is 0 Å². The zero-order valence-electron chi connectivity index (χ0n) is 8.31. The molecule has 2 rings (SSSR count). The molecule has 2 aromatic rings. The third kappa shape index (κ3) is 2.61. The SMILES string of the molecule is CC(Oc1cscc1Br)c1ccccc1. The Hall–Kier alpha value is -0.800. The molecule has 1 aromatic carbocycles. The van der Waals surface area contributed by atoms with Gasteiger partial charge in [0.2, 0.25) is 0 Å². The standard InChI is InChI=1S/C12H11BrOS/c1-9(10-5-3-2-4-6-10)14-12-8-15-7-11(12)13/h2-9H,1H3. The highest BCUT2D eigenvalue weighted by atomic mass is 79.9. The molecule has 0 aliphatic carbocycles. The number of thiophene rings is 1. The van der Waals surface area contributed by atoms with Gasteiger partial charge in [0, 0.05) is 10.8 Å². The molecule has 1 aromatic heterocycles. The molecule has 0 radical (unpaired) electrons. The number of ether oxygens (including phenoxy) is 1. The maximum atomic E-state index is 5.83. The van der Waals surface area contributed by atoms with Gasteiger partial charge in [0.15, 0.2) is 0 Å². The van der Waals surface area contributed by atoms with Crippen LogP contribution >= 0.6 is 27.3 Å². The smallest absolute Gasteiger partial charge is 0.145 e. The maximum Gasteiger partial charge on any atom is 0.145 e. The molecule has 3 heteroatoms. The zero-order valence-corrected chi connectivity index (χ0v) is 10.7. The normalized spacial score (nSPS) is 12.4. The molecule has 1 atom stereocenters. The van der Waals surface area contributed by atoms with E-state index in [4.69, 9.17) is 4.74 Å². The minimum absolute atomic E-state index is 0.0806. The molecule has 0 amide bonds. The summed E-state index contributed by atoms with van der Waals surface area (Å²) in [5, 5.41) is 4.02. The summed E-state index contributed by atoms with van der Waals surface area (Å²) in [6.45, 7) is 2.06. The van der Waals surface area contributed by atoms with E-state index in [0.717, 1.165) is 10.2 Å². The van der Waals surface area contributed by atoms with Crippen molar-refractivity contribution in [2.45, 2.75) is 13.0 Å². The molecule has 0 spiro atoms. The Labute approximate surface area is 102 Å². The van der Waals surface area contributed by atoms with Crippen molar-refractivity contribution in [2.24, 2.45) is 0 Å². The van der Waals surface area contributed by atoms with Crippen LogP contribution in [0.2, 0.25) is 0 Å². The van der Waals surface area contributed by atoms with E-state index in [1.165, 1.54) is 5.56 Å². The summed E-state index contributed by atoms with van der Waals surface area (Å²) in [4.78, 5) is 0. The van der Waals surface area contributed by atoms with Crippen LogP contribution in [0.5, 0.6) is 5.75 Å². The van der Waals surface area contributed by atoms with Gasteiger partial charge in [0.25, 0.3) is 0 Å². The Balaban J connectivity index is 2.11. The van der Waals surface area contributed by atoms with Gasteiger partial charge in [-0.15, -0.1) is 11.3 Å². The van der Waals surface area contributed by atoms with Gasteiger partial charge in [0.05, 0.1) is 4.47 Å². The number of benzene rings is 1. The third-order valence-corrected chi connectivity index (χ3v) is 3.80. The summed E-state index contributed by atoms with van der Waals surface area (Å²) in [5.74, 6) is 0.913. The molecule has 1 unspecified atom stereocenters. The molecule has 0 bridgehead atoms. The molecule has 1 nitrogen and oxygen atoms in total. The minimum atomic E-state index is 0.0806. The van der Waals surface area contributed by atoms with Gasteiger partial charge in [0.1, 0.15) is 11.9 Å². The van der Waals surface area contributed by atoms with Gasteiger partial charge in [-0.2, -0.15) is 0 Å². The lowest BCUT2D eigenvalue weighted by Gasteiger charge is -2.14. The molecule has 0 fully saturated rings. The van der Waals surface area contributed by atoms with Crippen LogP contribution in [-0.4, -0.2) is 0 Å². The van der Waals surface area contributed by atoms with E-state index < -0.39 is 0 Å². The Kier molecular flexibility index (Phi) is 3.44. The Bertz CT molecular complexity index is 424. The van der Waals surface area contributed by atoms with Crippen LogP contribution in [0.25, 0.3) is 0 Å². The van der Waals surface area contributed by atoms with Crippen LogP contribution in [0, 0.1) is 0 Å². The summed E-state index contributed by atoms with van der Waals surface area (Å²) < 4.78 is 6.86. The zero-order chi connectivity index (χ0) is 10.7. The second kappa shape index (κ2) is 4.81. The molecule has 0 aliphatic rings. The molecular formula is C12H11BrOS. The number of hydrogen-bond donors (Lipinski definition) is 0. The van der Waals surface area contributed by atoms with Crippen LogP contribution in [0.3, 0.4) is 0 Å². The second-order valence-corrected chi connectivity index (χ2v) is 4.85. The summed E-state index contributed by atoms with van der Waals surface area (Å²) in [5.41, 5.74) is 1.19. The summed E-state index contributed by atoms with van der Waals surface area (Å²) in [6, 6.07) is 10.2. The van der Waals surface area contributed by atoms with Gasteiger partial charge in [-0.3, -0.25) is 0 Å². The first-order valence-electron chi connectivity index (χ1n) is 4.70. The topological polar surface area (TPSA) is 9.23 Å². The highest BCUT2D eigenvalue weighted by Crippen LogP contribution is 2.32. The Morgan fingerprint density at radius 2 is 1.93 bits per heavy atom. The monoisotopic (exact) mass is 282 g/mol. The number of rotatable bonds is 3. The second-order valence-electron chi connectivity index (χ2n) is 3.25. The molecule has 0 saturated carbocycles. The van der Waals surface area contributed by atoms with Crippen LogP contribution in [0.4, 0.5) is 0 Å². The van der Waals surface area contributed by atoms with E-state index in [9.17, 15) is 0 Å². The van der Waals surface area contributed by atoms with Crippen molar-refractivity contribution in [1.82, 2.24) is 0 Å². The highest BCUT2D eigenvalue weighted by Gasteiger charge is 2.09. The van der Waals surface area contributed by atoms with E-state index in [0.29, 0.717) is 0 Å². The summed E-state index contributed by atoms with van der Waals surface area (Å²) >= 11 is 5.08. The molecule has 15 heavy (non-hydrogen) atoms. The summed E-state index contributed by atoms with van der Waals surface area (Å²) in [6.07, 6.45) is 0.0806. The lowest BCUT2D eigenvalue weighted by molar-refractivity contribution is 0.226. The number of halogens is 1. The van der Waals surface area contributed by atoms with Crippen molar-refractivity contribution >= 4 is 27.3 Å². The Morgan fingerprint density at radius 1 is 1.20 bits per heavy atom. The lowest BCUT2D eigenvalue weighted by Crippen LogP contribution is -2.02. The van der Waals surface area contributed by atoms with Crippen molar-refractivity contribution in [3.63, 3.8) is 0 Å². The first-order valence-corrected chi connectivity index (χ1v) is 6.44. The van der Waals surface area contributed by atoms with E-state index >= 15 is 0 Å². The van der Waals surface area contributed by atoms with E-state index in [1.807, 2.05) is 29.0 Å². The minimum Gasteiger partial charge on any atom is -0.484 e. The van der Waals surface area contributed by atoms with Crippen molar-refractivity contribution in [3.05, 3.63) is 51.1 Å². The molecule has 1 heterocycles. The van der Waals surface area contributed by atoms with Gasteiger partial charge in [-0.1, -0.05) is 30.3 Å². The number of hydrogen-bond acceptors (Lipinski definition) is 2. The van der Waals surface area contributed by atoms with Crippen molar-refractivity contribution in [3.8, 4) is 5.75 Å². The lowest BCUT2D eigenvalue weighted by atomic mass is 10.1. The van der Waals surface area contributed by atoms with Crippen molar-refractivity contribution < 1.29 is 4.74 Å². The first kappa shape index (κ1) is 10.7. The van der Waals surface area contributed by atoms with Gasteiger partial charge >= 0.3 is 0 Å². The van der Waals surface area contributed by atoms with Crippen LogP contribution in [0.1, 0.15) is 18.6 Å². The maximum absolute atomic E-state index is 5.83. The van der Waals surface area contributed by atoms with E-state index in [2.05, 4.69) is 35.0 Å². The van der Waals surface area contributed by atoms with Crippen LogP contribution in [0.15, 0.2) is 45.6 Å². The van der Waals surface area contributed by atoms with Crippen LogP contribution < -0.4 is 4.74 Å². The van der Waals surface area contributed by atoms with Gasteiger partial charge in [-0.05, 0) is 28.4 Å². The largest absolute Gasteiger partial charge is 0.484 e. The third-order valence-electron chi connectivity index (χ3n) is 2.15. The average Bonchev–Trinajstić information content (AvgIpc) is 2.66. The van der Waals surface area contributed by atoms with E-state index in [-0.39, 0.29) is 6.10 Å². The molecular weight excluding hydrogens is 272 g/mol. The van der Waals surface area contributed by atoms with Crippen molar-refractivity contribution in [2.75, 3.05) is 0 Å². The first-order chi connectivity index (χ1) is 7.27. The Morgan fingerprint density at radius 3 is 2.53 bits per heavy atom. The van der Waals surface area contributed by atoms with Crippen molar-refractivity contribution in [1.29, 1.82) is 0 Å².